The molecule has 0 radical (unpaired) electrons. The van der Waals surface area contributed by atoms with Crippen molar-refractivity contribution in [2.45, 2.75) is 5.92 Å². The number of amides is 1. The number of anilines is 1. The number of nitriles is 1. The van der Waals surface area contributed by atoms with Crippen LogP contribution in [0, 0.1) is 16.0 Å². The molecule has 4 rings (SSSR count). The second kappa shape index (κ2) is 7.81. The molecule has 2 aromatic carbocycles. The lowest BCUT2D eigenvalue weighted by atomic mass is 9.98. The van der Waals surface area contributed by atoms with Gasteiger partial charge in [0.1, 0.15) is 28.7 Å². The molecule has 0 unspecified atom stereocenters. The van der Waals surface area contributed by atoms with E-state index in [9.17, 15) is 14.7 Å². The number of hydrogen-bond acceptors (Lipinski definition) is 5. The fraction of sp³-hybridized carbons (Fsp3) is 0.0909. The molecule has 1 aromatic heterocycles. The average molecular weight is 417 g/mol. The maximum absolute atomic E-state index is 12.4. The number of nitrogens with zero attached hydrogens (tertiary/aromatic N) is 1. The van der Waals surface area contributed by atoms with E-state index in [1.54, 1.807) is 0 Å². The van der Waals surface area contributed by atoms with Gasteiger partial charge in [0, 0.05) is 5.92 Å². The summed E-state index contributed by atoms with van der Waals surface area (Å²) in [7, 11) is 0. The summed E-state index contributed by atoms with van der Waals surface area (Å²) < 4.78 is 5.44. The Hall–Kier alpha value is -3.96. The molecular weight excluding hydrogens is 402 g/mol. The van der Waals surface area contributed by atoms with Crippen LogP contribution in [0.25, 0.3) is 11.1 Å². The first-order chi connectivity index (χ1) is 14.5. The van der Waals surface area contributed by atoms with Crippen LogP contribution in [-0.4, -0.2) is 28.8 Å². The van der Waals surface area contributed by atoms with Crippen molar-refractivity contribution in [3.05, 3.63) is 81.5 Å². The SMILES string of the molecule is N#Cc1cc(C(=O)O)c(NC(=O)OCC2c3ccccc3-c3ccccc32)[nH]c1=S. The Bertz CT molecular complexity index is 1230. The zero-order valence-electron chi connectivity index (χ0n) is 15.5. The van der Waals surface area contributed by atoms with E-state index in [0.29, 0.717) is 0 Å². The molecule has 148 valence electrons. The van der Waals surface area contributed by atoms with Crippen molar-refractivity contribution >= 4 is 30.1 Å². The van der Waals surface area contributed by atoms with Crippen LogP contribution in [0.5, 0.6) is 0 Å². The van der Waals surface area contributed by atoms with Crippen molar-refractivity contribution in [3.8, 4) is 17.2 Å². The molecule has 30 heavy (non-hydrogen) atoms. The van der Waals surface area contributed by atoms with Gasteiger partial charge in [-0.1, -0.05) is 60.7 Å². The largest absolute Gasteiger partial charge is 0.478 e. The highest BCUT2D eigenvalue weighted by atomic mass is 32.1. The molecule has 0 atom stereocenters. The second-order valence-corrected chi connectivity index (χ2v) is 7.08. The lowest BCUT2D eigenvalue weighted by Gasteiger charge is -2.15. The number of hydrogen-bond donors (Lipinski definition) is 3. The molecule has 3 aromatic rings. The Morgan fingerprint density at radius 1 is 1.13 bits per heavy atom. The maximum atomic E-state index is 12.4. The molecule has 3 N–H and O–H groups in total. The predicted octanol–water partition coefficient (Wildman–Crippen LogP) is 4.68. The van der Waals surface area contributed by atoms with Crippen molar-refractivity contribution in [2.24, 2.45) is 0 Å². The molecule has 7 nitrogen and oxygen atoms in total. The fourth-order valence-corrected chi connectivity index (χ4v) is 3.82. The molecule has 0 spiro atoms. The quantitative estimate of drug-likeness (QED) is 0.531. The number of aromatic carboxylic acids is 1. The van der Waals surface area contributed by atoms with Crippen molar-refractivity contribution in [2.75, 3.05) is 11.9 Å². The van der Waals surface area contributed by atoms with E-state index in [0.717, 1.165) is 28.3 Å². The van der Waals surface area contributed by atoms with E-state index in [1.165, 1.54) is 0 Å². The van der Waals surface area contributed by atoms with Crippen LogP contribution in [0.1, 0.15) is 33.0 Å². The molecule has 1 amide bonds. The molecule has 0 fully saturated rings. The number of carboxylic acids is 1. The van der Waals surface area contributed by atoms with Crippen molar-refractivity contribution in [3.63, 3.8) is 0 Å². The minimum Gasteiger partial charge on any atom is -0.478 e. The fourth-order valence-electron chi connectivity index (χ4n) is 3.62. The van der Waals surface area contributed by atoms with Gasteiger partial charge in [-0.25, -0.2) is 9.59 Å². The summed E-state index contributed by atoms with van der Waals surface area (Å²) in [6, 6.07) is 18.8. The number of aromatic nitrogens is 1. The molecule has 1 aliphatic rings. The van der Waals surface area contributed by atoms with Gasteiger partial charge >= 0.3 is 12.1 Å². The average Bonchev–Trinajstić information content (AvgIpc) is 3.06. The van der Waals surface area contributed by atoms with Crippen LogP contribution in [0.4, 0.5) is 10.6 Å². The summed E-state index contributed by atoms with van der Waals surface area (Å²) in [5.41, 5.74) is 4.05. The topological polar surface area (TPSA) is 115 Å². The van der Waals surface area contributed by atoms with Crippen LogP contribution in [-0.2, 0) is 4.74 Å². The van der Waals surface area contributed by atoms with Gasteiger partial charge in [0.25, 0.3) is 0 Å². The Morgan fingerprint density at radius 2 is 1.73 bits per heavy atom. The van der Waals surface area contributed by atoms with Gasteiger partial charge in [0.05, 0.1) is 5.56 Å². The maximum Gasteiger partial charge on any atom is 0.412 e. The molecule has 0 aliphatic heterocycles. The van der Waals surface area contributed by atoms with Crippen LogP contribution in [0.3, 0.4) is 0 Å². The third-order valence-corrected chi connectivity index (χ3v) is 5.28. The van der Waals surface area contributed by atoms with E-state index >= 15 is 0 Å². The van der Waals surface area contributed by atoms with Crippen LogP contribution >= 0.6 is 12.2 Å². The summed E-state index contributed by atoms with van der Waals surface area (Å²) in [4.78, 5) is 26.4. The van der Waals surface area contributed by atoms with Crippen molar-refractivity contribution in [1.82, 2.24) is 4.98 Å². The molecule has 0 bridgehead atoms. The van der Waals surface area contributed by atoms with Crippen LogP contribution in [0.2, 0.25) is 0 Å². The van der Waals surface area contributed by atoms with Gasteiger partial charge in [-0.05, 0) is 28.3 Å². The molecule has 1 heterocycles. The highest BCUT2D eigenvalue weighted by Gasteiger charge is 2.29. The summed E-state index contributed by atoms with van der Waals surface area (Å²) in [5, 5.41) is 20.8. The number of nitrogens with one attached hydrogen (secondary N) is 2. The Morgan fingerprint density at radius 3 is 2.30 bits per heavy atom. The zero-order chi connectivity index (χ0) is 21.3. The normalized spacial score (nSPS) is 11.8. The second-order valence-electron chi connectivity index (χ2n) is 6.67. The minimum absolute atomic E-state index is 0.000451. The number of carbonyl (C=O) groups is 2. The van der Waals surface area contributed by atoms with E-state index in [-0.39, 0.29) is 34.1 Å². The first kappa shape index (κ1) is 19.4. The highest BCUT2D eigenvalue weighted by molar-refractivity contribution is 7.71. The van der Waals surface area contributed by atoms with Crippen LogP contribution < -0.4 is 5.32 Å². The van der Waals surface area contributed by atoms with E-state index < -0.39 is 12.1 Å². The van der Waals surface area contributed by atoms with Gasteiger partial charge in [0.2, 0.25) is 0 Å². The lowest BCUT2D eigenvalue weighted by Crippen LogP contribution is -2.20. The van der Waals surface area contributed by atoms with Crippen molar-refractivity contribution in [1.29, 1.82) is 5.26 Å². The molecule has 1 aliphatic carbocycles. The molecule has 0 saturated carbocycles. The summed E-state index contributed by atoms with van der Waals surface area (Å²) in [6.45, 7) is 0.0826. The van der Waals surface area contributed by atoms with Gasteiger partial charge < -0.3 is 14.8 Å². The van der Waals surface area contributed by atoms with Crippen LogP contribution in [0.15, 0.2) is 54.6 Å². The number of carbonyl (C=O) groups excluding carboxylic acids is 1. The lowest BCUT2D eigenvalue weighted by molar-refractivity contribution is 0.0697. The Balaban J connectivity index is 1.54. The summed E-state index contributed by atoms with van der Waals surface area (Å²) in [5.74, 6) is -1.57. The van der Waals surface area contributed by atoms with Gasteiger partial charge in [-0.3, -0.25) is 5.32 Å². The minimum atomic E-state index is -1.31. The summed E-state index contributed by atoms with van der Waals surface area (Å²) in [6.07, 6.45) is -0.824. The van der Waals surface area contributed by atoms with Gasteiger partial charge in [0.15, 0.2) is 0 Å². The number of pyridine rings is 1. The van der Waals surface area contributed by atoms with Crippen molar-refractivity contribution < 1.29 is 19.4 Å². The standard InChI is InChI=1S/C22H15N3O4S/c23-10-12-9-17(21(26)27)19(24-20(12)30)25-22(28)29-11-18-15-7-3-1-5-13(15)14-6-2-4-8-16(14)18/h1-9,18H,11H2,(H,26,27)(H2,24,25,28,30). The number of benzene rings is 2. The number of fused-ring (bicyclic) bond motifs is 3. The first-order valence-electron chi connectivity index (χ1n) is 9.02. The van der Waals surface area contributed by atoms with E-state index in [2.05, 4.69) is 10.3 Å². The predicted molar refractivity (Wildman–Crippen MR) is 112 cm³/mol. The van der Waals surface area contributed by atoms with Gasteiger partial charge in [-0.2, -0.15) is 5.26 Å². The summed E-state index contributed by atoms with van der Waals surface area (Å²) >= 11 is 5.01. The third kappa shape index (κ3) is 3.43. The Kier molecular flexibility index (Phi) is 5.04. The molecular formula is C22H15N3O4S. The number of rotatable bonds is 4. The number of aromatic amines is 1. The zero-order valence-corrected chi connectivity index (χ0v) is 16.3. The van der Waals surface area contributed by atoms with E-state index in [1.807, 2.05) is 54.6 Å². The molecule has 0 saturated heterocycles. The number of ether oxygens (including phenoxy) is 1. The third-order valence-electron chi connectivity index (χ3n) is 4.96. The Labute approximate surface area is 176 Å². The smallest absolute Gasteiger partial charge is 0.412 e. The number of H-pyrrole nitrogens is 1. The number of carboxylic acid groups (broad SMARTS) is 1. The first-order valence-corrected chi connectivity index (χ1v) is 9.43. The molecule has 8 heteroatoms. The van der Waals surface area contributed by atoms with E-state index in [4.69, 9.17) is 22.2 Å². The monoisotopic (exact) mass is 417 g/mol. The van der Waals surface area contributed by atoms with Gasteiger partial charge in [-0.15, -0.1) is 0 Å². The highest BCUT2D eigenvalue weighted by Crippen LogP contribution is 2.44.